The average Bonchev–Trinajstić information content (AvgIpc) is 2.49. The molecule has 0 aliphatic carbocycles. The minimum Gasteiger partial charge on any atom is -0.482 e. The van der Waals surface area contributed by atoms with Gasteiger partial charge >= 0.3 is 12.1 Å². The van der Waals surface area contributed by atoms with Gasteiger partial charge in [0.2, 0.25) is 0 Å². The standard InChI is InChI=1S/C20H29NO6/c1-13(21-18(24)27-20(5,6)7)17(23)14-8-10-15(11-9-14)25-12-16(22)26-19(2,3)4/h8-11,13H,12H2,1-7H3,(H,21,24)/t13-/m0/s1. The van der Waals surface area contributed by atoms with Gasteiger partial charge in [-0.1, -0.05) is 0 Å². The molecule has 0 aromatic heterocycles. The van der Waals surface area contributed by atoms with Crippen LogP contribution < -0.4 is 10.1 Å². The maximum atomic E-state index is 12.4. The highest BCUT2D eigenvalue weighted by atomic mass is 16.6. The summed E-state index contributed by atoms with van der Waals surface area (Å²) in [6.07, 6.45) is -0.652. The van der Waals surface area contributed by atoms with Crippen LogP contribution in [-0.4, -0.2) is 41.7 Å². The highest BCUT2D eigenvalue weighted by molar-refractivity contribution is 6.01. The van der Waals surface area contributed by atoms with Crippen LogP contribution in [0.15, 0.2) is 24.3 Å². The Morgan fingerprint density at radius 2 is 1.44 bits per heavy atom. The number of ether oxygens (including phenoxy) is 3. The van der Waals surface area contributed by atoms with Crippen LogP contribution in [0.25, 0.3) is 0 Å². The SMILES string of the molecule is C[C@H](NC(=O)OC(C)(C)C)C(=O)c1ccc(OCC(=O)OC(C)(C)C)cc1. The fraction of sp³-hybridized carbons (Fsp3) is 0.550. The van der Waals surface area contributed by atoms with E-state index in [-0.39, 0.29) is 12.4 Å². The highest BCUT2D eigenvalue weighted by Gasteiger charge is 2.22. The molecule has 1 amide bonds. The Bertz CT molecular complexity index is 667. The molecule has 1 N–H and O–H groups in total. The van der Waals surface area contributed by atoms with Crippen LogP contribution in [0, 0.1) is 0 Å². The molecule has 27 heavy (non-hydrogen) atoms. The summed E-state index contributed by atoms with van der Waals surface area (Å²) < 4.78 is 15.6. The summed E-state index contributed by atoms with van der Waals surface area (Å²) in [5.74, 6) is -0.303. The molecular weight excluding hydrogens is 350 g/mol. The van der Waals surface area contributed by atoms with Crippen molar-refractivity contribution in [3.8, 4) is 5.75 Å². The van der Waals surface area contributed by atoms with Gasteiger partial charge in [0.25, 0.3) is 0 Å². The third kappa shape index (κ3) is 9.08. The zero-order chi connectivity index (χ0) is 20.8. The van der Waals surface area contributed by atoms with Gasteiger partial charge in [0.15, 0.2) is 12.4 Å². The molecule has 1 atom stereocenters. The van der Waals surface area contributed by atoms with Gasteiger partial charge in [0.05, 0.1) is 6.04 Å². The predicted molar refractivity (Wildman–Crippen MR) is 101 cm³/mol. The summed E-state index contributed by atoms with van der Waals surface area (Å²) in [7, 11) is 0. The Morgan fingerprint density at radius 1 is 0.926 bits per heavy atom. The Kier molecular flexibility index (Phi) is 7.39. The Morgan fingerprint density at radius 3 is 1.93 bits per heavy atom. The number of esters is 1. The third-order valence-electron chi connectivity index (χ3n) is 3.04. The van der Waals surface area contributed by atoms with E-state index in [2.05, 4.69) is 5.32 Å². The number of alkyl carbamates (subject to hydrolysis) is 1. The largest absolute Gasteiger partial charge is 0.482 e. The number of hydrogen-bond acceptors (Lipinski definition) is 6. The zero-order valence-corrected chi connectivity index (χ0v) is 17.0. The summed E-state index contributed by atoms with van der Waals surface area (Å²) in [4.78, 5) is 35.8. The molecule has 150 valence electrons. The van der Waals surface area contributed by atoms with Gasteiger partial charge in [-0.25, -0.2) is 9.59 Å². The second kappa shape index (κ2) is 8.88. The minimum atomic E-state index is -0.742. The fourth-order valence-electron chi connectivity index (χ4n) is 2.03. The van der Waals surface area contributed by atoms with Crippen molar-refractivity contribution in [2.75, 3.05) is 6.61 Å². The summed E-state index contributed by atoms with van der Waals surface area (Å²) in [5.41, 5.74) is -0.809. The molecule has 0 fully saturated rings. The molecule has 0 radical (unpaired) electrons. The molecule has 0 saturated heterocycles. The van der Waals surface area contributed by atoms with E-state index in [9.17, 15) is 14.4 Å². The molecule has 0 bridgehead atoms. The van der Waals surface area contributed by atoms with Gasteiger partial charge < -0.3 is 19.5 Å². The Labute approximate surface area is 160 Å². The monoisotopic (exact) mass is 379 g/mol. The topological polar surface area (TPSA) is 90.9 Å². The summed E-state index contributed by atoms with van der Waals surface area (Å²) in [5, 5.41) is 2.51. The van der Waals surface area contributed by atoms with Gasteiger partial charge in [-0.15, -0.1) is 0 Å². The van der Waals surface area contributed by atoms with Crippen LogP contribution in [0.5, 0.6) is 5.75 Å². The average molecular weight is 379 g/mol. The lowest BCUT2D eigenvalue weighted by Crippen LogP contribution is -2.41. The second-order valence-electron chi connectivity index (χ2n) is 8.13. The first-order valence-corrected chi connectivity index (χ1v) is 8.75. The van der Waals surface area contributed by atoms with Gasteiger partial charge in [-0.2, -0.15) is 0 Å². The number of amides is 1. The first kappa shape index (κ1) is 22.5. The number of benzene rings is 1. The Hall–Kier alpha value is -2.57. The summed E-state index contributed by atoms with van der Waals surface area (Å²) >= 11 is 0. The quantitative estimate of drug-likeness (QED) is 0.601. The van der Waals surface area contributed by atoms with Crippen LogP contribution in [-0.2, 0) is 14.3 Å². The molecule has 0 saturated carbocycles. The molecule has 1 aromatic carbocycles. The van der Waals surface area contributed by atoms with E-state index >= 15 is 0 Å². The first-order chi connectivity index (χ1) is 12.3. The molecule has 1 aromatic rings. The molecule has 7 nitrogen and oxygen atoms in total. The van der Waals surface area contributed by atoms with Crippen LogP contribution in [0.3, 0.4) is 0 Å². The lowest BCUT2D eigenvalue weighted by Gasteiger charge is -2.21. The molecule has 0 aliphatic heterocycles. The molecule has 0 aliphatic rings. The van der Waals surface area contributed by atoms with Crippen molar-refractivity contribution >= 4 is 17.8 Å². The van der Waals surface area contributed by atoms with E-state index in [4.69, 9.17) is 14.2 Å². The van der Waals surface area contributed by atoms with Gasteiger partial charge in [-0.05, 0) is 72.7 Å². The minimum absolute atomic E-state index is 0.221. The van der Waals surface area contributed by atoms with E-state index in [1.807, 2.05) is 0 Å². The van der Waals surface area contributed by atoms with Crippen LogP contribution in [0.2, 0.25) is 0 Å². The third-order valence-corrected chi connectivity index (χ3v) is 3.04. The van der Waals surface area contributed by atoms with E-state index in [1.165, 1.54) is 0 Å². The molecule has 0 heterocycles. The van der Waals surface area contributed by atoms with Crippen LogP contribution in [0.1, 0.15) is 58.8 Å². The van der Waals surface area contributed by atoms with E-state index in [0.29, 0.717) is 11.3 Å². The van der Waals surface area contributed by atoms with Crippen LogP contribution in [0.4, 0.5) is 4.79 Å². The summed E-state index contributed by atoms with van der Waals surface area (Å²) in [6.45, 7) is 11.9. The number of nitrogens with one attached hydrogen (secondary N) is 1. The van der Waals surface area contributed by atoms with Crippen molar-refractivity contribution in [2.45, 2.75) is 65.7 Å². The van der Waals surface area contributed by atoms with Crippen molar-refractivity contribution < 1.29 is 28.6 Å². The number of carbonyl (C=O) groups excluding carboxylic acids is 3. The maximum Gasteiger partial charge on any atom is 0.408 e. The normalized spacial score (nSPS) is 12.7. The molecular formula is C20H29NO6. The van der Waals surface area contributed by atoms with E-state index in [0.717, 1.165) is 0 Å². The first-order valence-electron chi connectivity index (χ1n) is 8.75. The number of ketones is 1. The molecule has 0 unspecified atom stereocenters. The van der Waals surface area contributed by atoms with Gasteiger partial charge in [0.1, 0.15) is 17.0 Å². The number of carbonyl (C=O) groups is 3. The zero-order valence-electron chi connectivity index (χ0n) is 17.0. The predicted octanol–water partition coefficient (Wildman–Crippen LogP) is 3.50. The Balaban J connectivity index is 2.58. The lowest BCUT2D eigenvalue weighted by atomic mass is 10.1. The molecule has 7 heteroatoms. The van der Waals surface area contributed by atoms with E-state index in [1.54, 1.807) is 72.7 Å². The molecule has 0 spiro atoms. The van der Waals surface area contributed by atoms with E-state index < -0.39 is 29.3 Å². The van der Waals surface area contributed by atoms with Crippen molar-refractivity contribution in [2.24, 2.45) is 0 Å². The summed E-state index contributed by atoms with van der Waals surface area (Å²) in [6, 6.07) is 5.56. The van der Waals surface area contributed by atoms with Gasteiger partial charge in [-0.3, -0.25) is 4.79 Å². The van der Waals surface area contributed by atoms with Crippen molar-refractivity contribution in [1.82, 2.24) is 5.32 Å². The van der Waals surface area contributed by atoms with Crippen LogP contribution >= 0.6 is 0 Å². The van der Waals surface area contributed by atoms with Gasteiger partial charge in [0, 0.05) is 5.56 Å². The van der Waals surface area contributed by atoms with Crippen molar-refractivity contribution in [3.63, 3.8) is 0 Å². The maximum absolute atomic E-state index is 12.4. The van der Waals surface area contributed by atoms with Crippen molar-refractivity contribution in [3.05, 3.63) is 29.8 Å². The molecule has 1 rings (SSSR count). The number of rotatable bonds is 6. The number of hydrogen-bond donors (Lipinski definition) is 1. The smallest absolute Gasteiger partial charge is 0.408 e. The number of Topliss-reactive ketones (excluding diaryl/α,β-unsaturated/α-hetero) is 1. The second-order valence-corrected chi connectivity index (χ2v) is 8.13. The lowest BCUT2D eigenvalue weighted by molar-refractivity contribution is -0.157. The fourth-order valence-corrected chi connectivity index (χ4v) is 2.03. The van der Waals surface area contributed by atoms with Crippen molar-refractivity contribution in [1.29, 1.82) is 0 Å². The highest BCUT2D eigenvalue weighted by Crippen LogP contribution is 2.15.